The molecule has 3 N–H and O–H groups in total. The Morgan fingerprint density at radius 1 is 0.605 bits per heavy atom. The van der Waals surface area contributed by atoms with E-state index in [1.165, 1.54) is 12.1 Å². The van der Waals surface area contributed by atoms with E-state index < -0.39 is 35.5 Å². The normalized spacial score (nSPS) is 18.5. The predicted octanol–water partition coefficient (Wildman–Crippen LogP) is 9.88. The first-order chi connectivity index (χ1) is 36.7. The molecule has 23 heteroatoms. The molecule has 0 aliphatic carbocycles. The van der Waals surface area contributed by atoms with Crippen LogP contribution in [0.3, 0.4) is 0 Å². The van der Waals surface area contributed by atoms with Gasteiger partial charge in [0, 0.05) is 56.0 Å². The number of urea groups is 2. The number of aliphatic hydroxyl groups is 1. The number of anilines is 6. The molecule has 4 bridgehead atoms. The number of pyridine rings is 4. The van der Waals surface area contributed by atoms with E-state index in [1.807, 2.05) is 6.07 Å². The lowest BCUT2D eigenvalue weighted by Gasteiger charge is -2.35. The first-order valence-electron chi connectivity index (χ1n) is 24.8. The fourth-order valence-corrected chi connectivity index (χ4v) is 9.76. The van der Waals surface area contributed by atoms with Gasteiger partial charge in [-0.2, -0.15) is 36.3 Å². The summed E-state index contributed by atoms with van der Waals surface area (Å²) in [7, 11) is 0. The van der Waals surface area contributed by atoms with Crippen LogP contribution in [0, 0.1) is 0 Å². The molecule has 76 heavy (non-hydrogen) atoms. The minimum atomic E-state index is -4.47. The van der Waals surface area contributed by atoms with Gasteiger partial charge in [-0.25, -0.2) is 19.6 Å². The van der Waals surface area contributed by atoms with Crippen molar-refractivity contribution in [3.8, 4) is 34.3 Å². The lowest BCUT2D eigenvalue weighted by Crippen LogP contribution is -2.48. The molecule has 3 fully saturated rings. The van der Waals surface area contributed by atoms with Crippen molar-refractivity contribution < 1.29 is 60.0 Å². The van der Waals surface area contributed by atoms with E-state index in [-0.39, 0.29) is 49.9 Å². The van der Waals surface area contributed by atoms with Crippen molar-refractivity contribution in [2.24, 2.45) is 0 Å². The quantitative estimate of drug-likeness (QED) is 0.0780. The van der Waals surface area contributed by atoms with Gasteiger partial charge in [0.1, 0.15) is 24.8 Å². The summed E-state index contributed by atoms with van der Waals surface area (Å²) < 4.78 is 102. The number of benzene rings is 2. The summed E-state index contributed by atoms with van der Waals surface area (Å²) in [5.41, 5.74) is 1.32. The van der Waals surface area contributed by atoms with Crippen LogP contribution in [0.5, 0.6) is 11.8 Å². The number of nitrogens with zero attached hydrogens (tertiary/aromatic N) is 8. The Bertz CT molecular complexity index is 3050. The van der Waals surface area contributed by atoms with Crippen LogP contribution in [0.4, 0.5) is 70.6 Å². The maximum Gasteiger partial charge on any atom is 0.416 e. The van der Waals surface area contributed by atoms with E-state index >= 15 is 0 Å². The van der Waals surface area contributed by atoms with Crippen LogP contribution in [0.15, 0.2) is 109 Å². The van der Waals surface area contributed by atoms with Crippen molar-refractivity contribution in [1.29, 1.82) is 0 Å². The number of rotatable bonds is 12. The number of hydrogen-bond donors (Lipinski definition) is 3. The van der Waals surface area contributed by atoms with Crippen LogP contribution in [0.2, 0.25) is 0 Å². The summed E-state index contributed by atoms with van der Waals surface area (Å²) in [6.07, 6.45) is -4.67. The van der Waals surface area contributed by atoms with Gasteiger partial charge in [0.25, 0.3) is 0 Å². The molecular formula is C53H52F6N10O7. The lowest BCUT2D eigenvalue weighted by molar-refractivity contribution is -0.165. The number of halogens is 6. The maximum absolute atomic E-state index is 13.6. The monoisotopic (exact) mass is 1050 g/mol. The number of amides is 4. The van der Waals surface area contributed by atoms with Crippen LogP contribution < -0.4 is 39.7 Å². The van der Waals surface area contributed by atoms with E-state index in [2.05, 4.69) is 40.4 Å². The van der Waals surface area contributed by atoms with E-state index in [1.54, 1.807) is 76.5 Å². The zero-order valence-corrected chi connectivity index (χ0v) is 40.8. The summed E-state index contributed by atoms with van der Waals surface area (Å²) in [6.45, 7) is 4.03. The third kappa shape index (κ3) is 11.7. The second kappa shape index (κ2) is 22.2. The molecule has 3 saturated heterocycles. The Balaban J connectivity index is 0.000000175. The van der Waals surface area contributed by atoms with Crippen molar-refractivity contribution in [2.75, 3.05) is 89.4 Å². The highest BCUT2D eigenvalue weighted by Crippen LogP contribution is 2.43. The average Bonchev–Trinajstić information content (AvgIpc) is 4.04. The van der Waals surface area contributed by atoms with Crippen molar-refractivity contribution in [1.82, 2.24) is 19.9 Å². The molecule has 4 aromatic heterocycles. The summed E-state index contributed by atoms with van der Waals surface area (Å²) in [6, 6.07) is 25.8. The Morgan fingerprint density at radius 3 is 1.58 bits per heavy atom. The van der Waals surface area contributed by atoms with Gasteiger partial charge >= 0.3 is 24.4 Å². The lowest BCUT2D eigenvalue weighted by atomic mass is 10.1. The third-order valence-electron chi connectivity index (χ3n) is 13.3. The first-order valence-corrected chi connectivity index (χ1v) is 24.8. The minimum absolute atomic E-state index is 0.0735. The highest BCUT2D eigenvalue weighted by molar-refractivity contribution is 6.05. The third-order valence-corrected chi connectivity index (χ3v) is 13.3. The highest BCUT2D eigenvalue weighted by atomic mass is 19.4. The van der Waals surface area contributed by atoms with Crippen molar-refractivity contribution in [3.05, 3.63) is 120 Å². The second-order valence-corrected chi connectivity index (χ2v) is 18.4. The molecule has 6 aromatic rings. The number of nitrogens with one attached hydrogen (secondary N) is 2. The molecule has 5 aliphatic heterocycles. The fraction of sp³-hybridized carbons (Fsp3) is 0.358. The number of ether oxygens (including phenoxy) is 4. The number of alkyl halides is 6. The van der Waals surface area contributed by atoms with Gasteiger partial charge in [0.15, 0.2) is 17.9 Å². The first kappa shape index (κ1) is 51.7. The SMILES string of the molecule is O=C(Nc1cccc(OCCO)n1)N1c2nc(-c3cccc(C(F)(F)F)c3)ccc2N2CC[C@H]1C2.O=C(Nc1cccc(OCCOC2CCCCO2)n1)N1c2nc(-c3cccc(C(F)(F)F)c3)ccc2N2CC[C@H]1C2. The molecular weight excluding hydrogens is 1000 g/mol. The van der Waals surface area contributed by atoms with E-state index in [0.717, 1.165) is 80.8 Å². The minimum Gasteiger partial charge on any atom is -0.475 e. The number of fused-ring (bicyclic) bond motifs is 8. The van der Waals surface area contributed by atoms with Gasteiger partial charge in [-0.05, 0) is 92.8 Å². The molecule has 4 amide bonds. The Morgan fingerprint density at radius 2 is 1.11 bits per heavy atom. The Kier molecular flexibility index (Phi) is 15.1. The van der Waals surface area contributed by atoms with Gasteiger partial charge in [0.2, 0.25) is 11.8 Å². The zero-order valence-electron chi connectivity index (χ0n) is 40.8. The zero-order chi connectivity index (χ0) is 53.0. The molecule has 17 nitrogen and oxygen atoms in total. The van der Waals surface area contributed by atoms with Crippen molar-refractivity contribution in [2.45, 2.75) is 62.8 Å². The second-order valence-electron chi connectivity index (χ2n) is 18.4. The number of carbonyl (C=O) groups is 2. The molecule has 9 heterocycles. The van der Waals surface area contributed by atoms with Crippen LogP contribution in [0.25, 0.3) is 22.5 Å². The molecule has 5 aliphatic rings. The number of aliphatic hydroxyl groups excluding tert-OH is 1. The Hall–Kier alpha value is -7.76. The van der Waals surface area contributed by atoms with Gasteiger partial charge in [-0.15, -0.1) is 0 Å². The molecule has 0 radical (unpaired) electrons. The van der Waals surface area contributed by atoms with Crippen LogP contribution >= 0.6 is 0 Å². The molecule has 3 atom stereocenters. The average molecular weight is 1060 g/mol. The molecule has 1 unspecified atom stereocenters. The predicted molar refractivity (Wildman–Crippen MR) is 270 cm³/mol. The summed E-state index contributed by atoms with van der Waals surface area (Å²) in [5, 5.41) is 14.5. The van der Waals surface area contributed by atoms with Crippen LogP contribution in [0.1, 0.15) is 43.2 Å². The standard InChI is InChI=1S/C29H30F3N5O4.C24H22F3N5O3/c30-29(31,32)20-6-3-5-19(17-20)22-10-11-23-27(33-22)37(21-12-13-36(23)18-21)28(38)35-24-7-4-8-25(34-24)39-15-16-41-26-9-1-2-14-40-26;25-24(26,27)16-4-1-3-15(13-16)18-7-8-19-22(28-18)32(17-9-10-31(19)14-17)23(34)30-20-5-2-6-21(29-20)35-12-11-33/h3-8,10-11,17,21,26H,1-2,9,12-16,18H2,(H,34,35,38);1-8,13,17,33H,9-12,14H2,(H,29,30,34)/t21-,26?;17-/m00/s1. The van der Waals surface area contributed by atoms with Crippen molar-refractivity contribution >= 4 is 46.7 Å². The summed E-state index contributed by atoms with van der Waals surface area (Å²) in [4.78, 5) is 52.3. The molecule has 11 rings (SSSR count). The van der Waals surface area contributed by atoms with Gasteiger partial charge in [-0.3, -0.25) is 20.4 Å². The Labute approximate surface area is 432 Å². The largest absolute Gasteiger partial charge is 0.475 e. The molecule has 0 saturated carbocycles. The number of hydrogen-bond acceptors (Lipinski definition) is 13. The van der Waals surface area contributed by atoms with Gasteiger partial charge < -0.3 is 33.9 Å². The van der Waals surface area contributed by atoms with E-state index in [9.17, 15) is 35.9 Å². The summed E-state index contributed by atoms with van der Waals surface area (Å²) >= 11 is 0. The van der Waals surface area contributed by atoms with E-state index in [4.69, 9.17) is 24.1 Å². The molecule has 398 valence electrons. The smallest absolute Gasteiger partial charge is 0.416 e. The maximum atomic E-state index is 13.6. The van der Waals surface area contributed by atoms with Crippen LogP contribution in [-0.2, 0) is 21.8 Å². The number of carbonyl (C=O) groups excluding carboxylic acids is 2. The van der Waals surface area contributed by atoms with Gasteiger partial charge in [0.05, 0.1) is 59.2 Å². The van der Waals surface area contributed by atoms with E-state index in [0.29, 0.717) is 72.2 Å². The molecule has 2 aromatic carbocycles. The van der Waals surface area contributed by atoms with Crippen molar-refractivity contribution in [3.63, 3.8) is 0 Å². The number of aromatic nitrogens is 4. The van der Waals surface area contributed by atoms with Gasteiger partial charge in [-0.1, -0.05) is 36.4 Å². The highest BCUT2D eigenvalue weighted by Gasteiger charge is 2.42. The molecule has 0 spiro atoms. The topological polar surface area (TPSA) is 180 Å². The summed E-state index contributed by atoms with van der Waals surface area (Å²) in [5.74, 6) is 1.96. The van der Waals surface area contributed by atoms with Crippen LogP contribution in [-0.4, -0.2) is 115 Å². The fourth-order valence-electron chi connectivity index (χ4n) is 9.76.